The highest BCUT2D eigenvalue weighted by Gasteiger charge is 2.30. The summed E-state index contributed by atoms with van der Waals surface area (Å²) < 4.78 is 1.03. The molecule has 0 saturated heterocycles. The van der Waals surface area contributed by atoms with Crippen molar-refractivity contribution in [2.75, 3.05) is 10.3 Å². The lowest BCUT2D eigenvalue weighted by atomic mass is 9.97. The zero-order valence-electron chi connectivity index (χ0n) is 19.9. The molecule has 6 rings (SSSR count). The van der Waals surface area contributed by atoms with Gasteiger partial charge in [-0.2, -0.15) is 5.10 Å². The van der Waals surface area contributed by atoms with Crippen molar-refractivity contribution in [3.63, 3.8) is 0 Å². The fourth-order valence-electron chi connectivity index (χ4n) is 4.71. The summed E-state index contributed by atoms with van der Waals surface area (Å²) >= 11 is 22.5. The lowest BCUT2D eigenvalue weighted by Crippen LogP contribution is -2.18. The largest absolute Gasteiger partial charge is 0.355 e. The number of hydrogen-bond donors (Lipinski definition) is 1. The van der Waals surface area contributed by atoms with Crippen LogP contribution in [-0.4, -0.2) is 10.7 Å². The smallest absolute Gasteiger partial charge is 0.0832 e. The van der Waals surface area contributed by atoms with Crippen LogP contribution >= 0.6 is 50.7 Å². The van der Waals surface area contributed by atoms with E-state index in [0.717, 1.165) is 55.7 Å². The molecule has 2 heterocycles. The molecule has 4 aromatic carbocycles. The summed E-state index contributed by atoms with van der Waals surface area (Å²) in [6.07, 6.45) is 2.51. The van der Waals surface area contributed by atoms with Gasteiger partial charge >= 0.3 is 0 Å². The van der Waals surface area contributed by atoms with Crippen LogP contribution in [0.25, 0.3) is 10.9 Å². The molecule has 0 saturated carbocycles. The van der Waals surface area contributed by atoms with Gasteiger partial charge in [-0.15, -0.1) is 0 Å². The molecule has 1 unspecified atom stereocenters. The first-order valence-electron chi connectivity index (χ1n) is 11.9. The minimum Gasteiger partial charge on any atom is -0.355 e. The molecule has 4 nitrogen and oxygen atoms in total. The summed E-state index contributed by atoms with van der Waals surface area (Å²) in [4.78, 5) is 4.45. The minimum absolute atomic E-state index is 0.0436. The van der Waals surface area contributed by atoms with Crippen molar-refractivity contribution in [2.45, 2.75) is 12.5 Å². The third-order valence-corrected chi connectivity index (χ3v) is 7.66. The van der Waals surface area contributed by atoms with E-state index in [9.17, 15) is 0 Å². The number of pyridine rings is 1. The van der Waals surface area contributed by atoms with Crippen LogP contribution in [0, 0.1) is 0 Å². The zero-order valence-corrected chi connectivity index (χ0v) is 23.7. The van der Waals surface area contributed by atoms with Crippen molar-refractivity contribution in [3.05, 3.63) is 128 Å². The molecular weight excluding hydrogens is 603 g/mol. The predicted octanol–water partition coefficient (Wildman–Crippen LogP) is 10.1. The van der Waals surface area contributed by atoms with Crippen LogP contribution in [0.2, 0.25) is 15.1 Å². The third-order valence-electron chi connectivity index (χ3n) is 6.45. The Kier molecular flexibility index (Phi) is 7.02. The van der Waals surface area contributed by atoms with Gasteiger partial charge in [-0.05, 0) is 77.9 Å². The number of benzene rings is 4. The van der Waals surface area contributed by atoms with E-state index in [1.165, 1.54) is 0 Å². The van der Waals surface area contributed by atoms with E-state index in [-0.39, 0.29) is 6.04 Å². The Bertz CT molecular complexity index is 1670. The number of anilines is 3. The monoisotopic (exact) mass is 620 g/mol. The second kappa shape index (κ2) is 10.6. The van der Waals surface area contributed by atoms with Crippen LogP contribution in [0.1, 0.15) is 23.6 Å². The Hall–Kier alpha value is -3.09. The molecule has 8 heteroatoms. The van der Waals surface area contributed by atoms with Crippen molar-refractivity contribution in [3.8, 4) is 0 Å². The molecular formula is C30H20BrCl3N4. The van der Waals surface area contributed by atoms with Crippen molar-refractivity contribution in [1.82, 2.24) is 4.98 Å². The average Bonchev–Trinajstić information content (AvgIpc) is 3.34. The van der Waals surface area contributed by atoms with Crippen LogP contribution in [-0.2, 0) is 0 Å². The molecule has 0 aliphatic carbocycles. The Morgan fingerprint density at radius 3 is 2.39 bits per heavy atom. The van der Waals surface area contributed by atoms with Crippen molar-refractivity contribution >= 4 is 84.4 Å². The van der Waals surface area contributed by atoms with Gasteiger partial charge in [0.15, 0.2) is 0 Å². The number of rotatable bonds is 5. The number of hydrogen-bond acceptors (Lipinski definition) is 4. The highest BCUT2D eigenvalue weighted by molar-refractivity contribution is 9.10. The first kappa shape index (κ1) is 25.2. The number of nitrogens with zero attached hydrogens (tertiary/aromatic N) is 3. The maximum atomic E-state index is 6.38. The Labute approximate surface area is 244 Å². The minimum atomic E-state index is -0.0436. The topological polar surface area (TPSA) is 40.5 Å². The van der Waals surface area contributed by atoms with E-state index in [0.29, 0.717) is 15.1 Å². The fraction of sp³-hybridized carbons (Fsp3) is 0.0667. The molecule has 1 N–H and O–H groups in total. The van der Waals surface area contributed by atoms with Crippen LogP contribution in [0.3, 0.4) is 0 Å². The number of halogens is 4. The quantitative estimate of drug-likeness (QED) is 0.212. The van der Waals surface area contributed by atoms with E-state index < -0.39 is 0 Å². The van der Waals surface area contributed by atoms with Gasteiger partial charge < -0.3 is 5.32 Å². The molecule has 0 radical (unpaired) electrons. The first-order chi connectivity index (χ1) is 18.4. The van der Waals surface area contributed by atoms with E-state index in [1.54, 1.807) is 12.3 Å². The van der Waals surface area contributed by atoms with Gasteiger partial charge in [0.1, 0.15) is 0 Å². The van der Waals surface area contributed by atoms with Crippen molar-refractivity contribution in [1.29, 1.82) is 0 Å². The van der Waals surface area contributed by atoms with Gasteiger partial charge in [0, 0.05) is 48.9 Å². The van der Waals surface area contributed by atoms with Crippen molar-refractivity contribution in [2.24, 2.45) is 5.10 Å². The number of nitrogens with one attached hydrogen (secondary N) is 1. The Balaban J connectivity index is 1.37. The highest BCUT2D eigenvalue weighted by Crippen LogP contribution is 2.40. The molecule has 5 aromatic rings. The summed E-state index contributed by atoms with van der Waals surface area (Å²) in [5.74, 6) is 0. The molecule has 0 amide bonds. The van der Waals surface area contributed by atoms with Crippen molar-refractivity contribution < 1.29 is 0 Å². The van der Waals surface area contributed by atoms with Crippen LogP contribution in [0.5, 0.6) is 0 Å². The molecule has 1 aliphatic rings. The lowest BCUT2D eigenvalue weighted by Gasteiger charge is -2.25. The fourth-order valence-corrected chi connectivity index (χ4v) is 5.65. The van der Waals surface area contributed by atoms with Gasteiger partial charge in [0.05, 0.1) is 23.0 Å². The molecule has 0 fully saturated rings. The first-order valence-corrected chi connectivity index (χ1v) is 13.9. The Morgan fingerprint density at radius 2 is 1.61 bits per heavy atom. The normalized spacial score (nSPS) is 15.1. The Morgan fingerprint density at radius 1 is 0.816 bits per heavy atom. The average molecular weight is 623 g/mol. The van der Waals surface area contributed by atoms with E-state index in [4.69, 9.17) is 39.9 Å². The molecule has 1 aliphatic heterocycles. The molecule has 1 aromatic heterocycles. The lowest BCUT2D eigenvalue weighted by molar-refractivity contribution is 0.709. The maximum absolute atomic E-state index is 6.38. The number of hydrazone groups is 1. The maximum Gasteiger partial charge on any atom is 0.0832 e. The van der Waals surface area contributed by atoms with Crippen LogP contribution in [0.15, 0.2) is 107 Å². The standard InChI is InChI=1S/C30H20BrCl3N4/c31-20-6-4-18(5-7-20)28-17-30(38(37-28)25-14-22(33)13-23(34)15-25)19-2-1-3-24(12-19)36-27-10-11-35-29-16-21(32)8-9-26(27)29/h1-16,30H,17H2,(H,35,36). The number of fused-ring (bicyclic) bond motifs is 1. The SMILES string of the molecule is Clc1cc(Cl)cc(N2N=C(c3ccc(Br)cc3)CC2c2cccc(Nc3ccnc4cc(Cl)ccc34)c2)c1. The van der Waals surface area contributed by atoms with Gasteiger partial charge in [0.25, 0.3) is 0 Å². The van der Waals surface area contributed by atoms with Gasteiger partial charge in [-0.25, -0.2) is 0 Å². The summed E-state index contributed by atoms with van der Waals surface area (Å²) in [6.45, 7) is 0. The molecule has 0 bridgehead atoms. The van der Waals surface area contributed by atoms with E-state index >= 15 is 0 Å². The zero-order chi connectivity index (χ0) is 26.2. The van der Waals surface area contributed by atoms with Gasteiger partial charge in [-0.1, -0.05) is 75.0 Å². The molecule has 38 heavy (non-hydrogen) atoms. The predicted molar refractivity (Wildman–Crippen MR) is 163 cm³/mol. The van der Waals surface area contributed by atoms with E-state index in [2.05, 4.69) is 62.6 Å². The second-order valence-electron chi connectivity index (χ2n) is 9.02. The highest BCUT2D eigenvalue weighted by atomic mass is 79.9. The molecule has 1 atom stereocenters. The van der Waals surface area contributed by atoms with Crippen LogP contribution < -0.4 is 10.3 Å². The van der Waals surface area contributed by atoms with Gasteiger partial charge in [0.2, 0.25) is 0 Å². The molecule has 188 valence electrons. The summed E-state index contributed by atoms with van der Waals surface area (Å²) in [7, 11) is 0. The van der Waals surface area contributed by atoms with Crippen LogP contribution in [0.4, 0.5) is 17.1 Å². The third kappa shape index (κ3) is 5.25. The number of aromatic nitrogens is 1. The summed E-state index contributed by atoms with van der Waals surface area (Å²) in [5.41, 5.74) is 6.79. The summed E-state index contributed by atoms with van der Waals surface area (Å²) in [6, 6.07) is 29.8. The second-order valence-corrected chi connectivity index (χ2v) is 11.2. The molecule has 0 spiro atoms. The summed E-state index contributed by atoms with van der Waals surface area (Å²) in [5, 5.41) is 13.4. The van der Waals surface area contributed by atoms with E-state index in [1.807, 2.05) is 53.5 Å². The van der Waals surface area contributed by atoms with Gasteiger partial charge in [-0.3, -0.25) is 9.99 Å².